The Morgan fingerprint density at radius 3 is 2.94 bits per heavy atom. The maximum atomic E-state index is 5.89. The van der Waals surface area contributed by atoms with Crippen LogP contribution in [0, 0.1) is 6.92 Å². The lowest BCUT2D eigenvalue weighted by atomic mass is 10.1. The van der Waals surface area contributed by atoms with Gasteiger partial charge in [-0.3, -0.25) is 0 Å². The van der Waals surface area contributed by atoms with Gasteiger partial charge >= 0.3 is 0 Å². The molecular weight excluding hydrogens is 198 g/mol. The largest absolute Gasteiger partial charge is 0.459 e. The van der Waals surface area contributed by atoms with Gasteiger partial charge in [-0.15, -0.1) is 6.58 Å². The third kappa shape index (κ3) is 1.89. The van der Waals surface area contributed by atoms with Crippen LogP contribution in [0.15, 0.2) is 41.3 Å². The van der Waals surface area contributed by atoms with Gasteiger partial charge in [-0.05, 0) is 32.0 Å². The van der Waals surface area contributed by atoms with Gasteiger partial charge in [-0.25, -0.2) is 0 Å². The van der Waals surface area contributed by atoms with E-state index in [1.54, 1.807) is 0 Å². The van der Waals surface area contributed by atoms with Gasteiger partial charge in [0.15, 0.2) is 0 Å². The van der Waals surface area contributed by atoms with E-state index >= 15 is 0 Å². The monoisotopic (exact) mass is 215 g/mol. The molecule has 1 unspecified atom stereocenters. The first-order valence-electron chi connectivity index (χ1n) is 5.53. The number of rotatable bonds is 4. The fourth-order valence-corrected chi connectivity index (χ4v) is 1.94. The molecule has 0 spiro atoms. The van der Waals surface area contributed by atoms with Crippen LogP contribution in [-0.4, -0.2) is 7.05 Å². The predicted molar refractivity (Wildman–Crippen MR) is 67.6 cm³/mol. The molecule has 1 atom stereocenters. The van der Waals surface area contributed by atoms with Crippen LogP contribution in [0.2, 0.25) is 0 Å². The second-order valence-corrected chi connectivity index (χ2v) is 4.01. The zero-order valence-electron chi connectivity index (χ0n) is 9.79. The Bertz CT molecular complexity index is 498. The van der Waals surface area contributed by atoms with Crippen molar-refractivity contribution >= 4 is 11.0 Å². The highest BCUT2D eigenvalue weighted by Crippen LogP contribution is 2.27. The number of nitrogens with one attached hydrogen (secondary N) is 1. The quantitative estimate of drug-likeness (QED) is 0.789. The minimum atomic E-state index is 0.212. The van der Waals surface area contributed by atoms with Gasteiger partial charge in [0.2, 0.25) is 0 Å². The van der Waals surface area contributed by atoms with Crippen molar-refractivity contribution in [3.05, 3.63) is 48.2 Å². The van der Waals surface area contributed by atoms with E-state index < -0.39 is 0 Å². The molecule has 1 aromatic carbocycles. The number of benzene rings is 1. The highest BCUT2D eigenvalue weighted by Gasteiger charge is 2.13. The van der Waals surface area contributed by atoms with E-state index in [1.807, 2.05) is 13.1 Å². The molecule has 0 amide bonds. The van der Waals surface area contributed by atoms with E-state index in [-0.39, 0.29) is 6.04 Å². The summed E-state index contributed by atoms with van der Waals surface area (Å²) in [5.41, 5.74) is 2.17. The van der Waals surface area contributed by atoms with E-state index in [4.69, 9.17) is 4.42 Å². The molecule has 0 bridgehead atoms. The Morgan fingerprint density at radius 2 is 2.31 bits per heavy atom. The SMILES string of the molecule is C=CCC(NC)c1cc2cccc(C)c2o1. The van der Waals surface area contributed by atoms with Gasteiger partial charge in [0.1, 0.15) is 11.3 Å². The highest BCUT2D eigenvalue weighted by molar-refractivity contribution is 5.80. The van der Waals surface area contributed by atoms with Crippen molar-refractivity contribution in [3.8, 4) is 0 Å². The fraction of sp³-hybridized carbons (Fsp3) is 0.286. The summed E-state index contributed by atoms with van der Waals surface area (Å²) in [5.74, 6) is 0.978. The van der Waals surface area contributed by atoms with Crippen LogP contribution in [0.25, 0.3) is 11.0 Å². The summed E-state index contributed by atoms with van der Waals surface area (Å²) in [4.78, 5) is 0. The zero-order valence-corrected chi connectivity index (χ0v) is 9.79. The molecule has 84 valence electrons. The summed E-state index contributed by atoms with van der Waals surface area (Å²) in [6.45, 7) is 5.83. The third-order valence-electron chi connectivity index (χ3n) is 2.85. The maximum Gasteiger partial charge on any atom is 0.137 e. The molecule has 0 aliphatic rings. The molecule has 1 N–H and O–H groups in total. The van der Waals surface area contributed by atoms with Gasteiger partial charge in [0.05, 0.1) is 6.04 Å². The van der Waals surface area contributed by atoms with E-state index in [2.05, 4.69) is 43.1 Å². The van der Waals surface area contributed by atoms with E-state index in [0.717, 1.165) is 17.8 Å². The molecular formula is C14H17NO. The van der Waals surface area contributed by atoms with Gasteiger partial charge in [0, 0.05) is 5.39 Å². The molecule has 1 heterocycles. The van der Waals surface area contributed by atoms with Gasteiger partial charge < -0.3 is 9.73 Å². The molecule has 2 rings (SSSR count). The lowest BCUT2D eigenvalue weighted by Crippen LogP contribution is -2.14. The molecule has 2 heteroatoms. The first-order chi connectivity index (χ1) is 7.76. The van der Waals surface area contributed by atoms with E-state index in [0.29, 0.717) is 0 Å². The summed E-state index contributed by atoms with van der Waals surface area (Å²) < 4.78 is 5.89. The standard InChI is InChI=1S/C14H17NO/c1-4-6-12(15-3)13-9-11-8-5-7-10(2)14(11)16-13/h4-5,7-9,12,15H,1,6H2,2-3H3. The Morgan fingerprint density at radius 1 is 1.50 bits per heavy atom. The first-order valence-corrected chi connectivity index (χ1v) is 5.53. The average molecular weight is 215 g/mol. The fourth-order valence-electron chi connectivity index (χ4n) is 1.94. The lowest BCUT2D eigenvalue weighted by molar-refractivity contribution is 0.454. The third-order valence-corrected chi connectivity index (χ3v) is 2.85. The van der Waals surface area contributed by atoms with Crippen molar-refractivity contribution in [1.29, 1.82) is 0 Å². The number of para-hydroxylation sites is 1. The van der Waals surface area contributed by atoms with Crippen LogP contribution >= 0.6 is 0 Å². The summed E-state index contributed by atoms with van der Waals surface area (Å²) in [7, 11) is 1.94. The van der Waals surface area contributed by atoms with Crippen LogP contribution in [-0.2, 0) is 0 Å². The van der Waals surface area contributed by atoms with Gasteiger partial charge in [-0.2, -0.15) is 0 Å². The summed E-state index contributed by atoms with van der Waals surface area (Å²) in [6.07, 6.45) is 2.77. The molecule has 0 saturated heterocycles. The highest BCUT2D eigenvalue weighted by atomic mass is 16.3. The average Bonchev–Trinajstić information content (AvgIpc) is 2.71. The lowest BCUT2D eigenvalue weighted by Gasteiger charge is -2.09. The normalized spacial score (nSPS) is 12.9. The number of hydrogen-bond donors (Lipinski definition) is 1. The van der Waals surface area contributed by atoms with Crippen LogP contribution in [0.4, 0.5) is 0 Å². The van der Waals surface area contributed by atoms with Crippen molar-refractivity contribution in [3.63, 3.8) is 0 Å². The zero-order chi connectivity index (χ0) is 11.5. The topological polar surface area (TPSA) is 25.2 Å². The minimum Gasteiger partial charge on any atom is -0.459 e. The van der Waals surface area contributed by atoms with Crippen LogP contribution in [0.3, 0.4) is 0 Å². The molecule has 1 aromatic heterocycles. The molecule has 0 fully saturated rings. The molecule has 0 aliphatic carbocycles. The van der Waals surface area contributed by atoms with Crippen molar-refractivity contribution in [2.45, 2.75) is 19.4 Å². The maximum absolute atomic E-state index is 5.89. The predicted octanol–water partition coefficient (Wildman–Crippen LogP) is 3.58. The molecule has 0 saturated carbocycles. The van der Waals surface area contributed by atoms with Gasteiger partial charge in [-0.1, -0.05) is 24.3 Å². The minimum absolute atomic E-state index is 0.212. The Kier molecular flexibility index (Phi) is 3.11. The van der Waals surface area contributed by atoms with E-state index in [9.17, 15) is 0 Å². The smallest absolute Gasteiger partial charge is 0.137 e. The van der Waals surface area contributed by atoms with Gasteiger partial charge in [0.25, 0.3) is 0 Å². The van der Waals surface area contributed by atoms with Crippen molar-refractivity contribution in [2.24, 2.45) is 0 Å². The summed E-state index contributed by atoms with van der Waals surface area (Å²) in [5, 5.41) is 4.40. The molecule has 2 aromatic rings. The molecule has 16 heavy (non-hydrogen) atoms. The van der Waals surface area contributed by atoms with Crippen LogP contribution in [0.5, 0.6) is 0 Å². The van der Waals surface area contributed by atoms with Crippen LogP contribution < -0.4 is 5.32 Å². The van der Waals surface area contributed by atoms with Crippen molar-refractivity contribution < 1.29 is 4.42 Å². The summed E-state index contributed by atoms with van der Waals surface area (Å²) >= 11 is 0. The Balaban J connectivity index is 2.45. The molecule has 0 aliphatic heterocycles. The van der Waals surface area contributed by atoms with Crippen molar-refractivity contribution in [1.82, 2.24) is 5.32 Å². The molecule has 2 nitrogen and oxygen atoms in total. The first kappa shape index (κ1) is 11.0. The number of fused-ring (bicyclic) bond motifs is 1. The number of hydrogen-bond acceptors (Lipinski definition) is 2. The Hall–Kier alpha value is -1.54. The van der Waals surface area contributed by atoms with E-state index in [1.165, 1.54) is 10.9 Å². The van der Waals surface area contributed by atoms with Crippen LogP contribution in [0.1, 0.15) is 23.8 Å². The molecule has 0 radical (unpaired) electrons. The second kappa shape index (κ2) is 4.54. The number of aryl methyl sites for hydroxylation is 1. The Labute approximate surface area is 96.0 Å². The summed E-state index contributed by atoms with van der Waals surface area (Å²) in [6, 6.07) is 8.52. The number of furan rings is 1. The second-order valence-electron chi connectivity index (χ2n) is 4.01. The van der Waals surface area contributed by atoms with Crippen molar-refractivity contribution in [2.75, 3.05) is 7.05 Å².